The van der Waals surface area contributed by atoms with Crippen LogP contribution in [0.15, 0.2) is 24.3 Å². The maximum Gasteiger partial charge on any atom is 0.119 e. The Balaban J connectivity index is 1.89. The van der Waals surface area contributed by atoms with Crippen molar-refractivity contribution < 1.29 is 9.84 Å². The van der Waals surface area contributed by atoms with Gasteiger partial charge in [0.15, 0.2) is 0 Å². The molecule has 0 saturated carbocycles. The molecule has 0 radical (unpaired) electrons. The zero-order valence-electron chi connectivity index (χ0n) is 11.0. The van der Waals surface area contributed by atoms with Crippen molar-refractivity contribution in [2.24, 2.45) is 5.92 Å². The van der Waals surface area contributed by atoms with Crippen LogP contribution in [0.25, 0.3) is 0 Å². The van der Waals surface area contributed by atoms with Crippen molar-refractivity contribution in [1.29, 1.82) is 0 Å². The van der Waals surface area contributed by atoms with E-state index in [1.165, 1.54) is 24.3 Å². The van der Waals surface area contributed by atoms with E-state index in [1.807, 2.05) is 43.0 Å². The minimum absolute atomic E-state index is 0.325. The van der Waals surface area contributed by atoms with Gasteiger partial charge in [0.25, 0.3) is 0 Å². The first-order valence-electron chi connectivity index (χ1n) is 6.78. The molecule has 1 saturated heterocycles. The molecule has 0 spiro atoms. The van der Waals surface area contributed by atoms with Crippen LogP contribution in [0.3, 0.4) is 0 Å². The van der Waals surface area contributed by atoms with Crippen molar-refractivity contribution in [3.05, 3.63) is 29.8 Å². The maximum atomic E-state index is 10.2. The van der Waals surface area contributed by atoms with Gasteiger partial charge in [0.2, 0.25) is 0 Å². The van der Waals surface area contributed by atoms with Crippen LogP contribution in [0.4, 0.5) is 0 Å². The van der Waals surface area contributed by atoms with E-state index in [1.54, 1.807) is 0 Å². The van der Waals surface area contributed by atoms with E-state index in [2.05, 4.69) is 0 Å². The van der Waals surface area contributed by atoms with Crippen LogP contribution in [0.2, 0.25) is 0 Å². The molecule has 1 fully saturated rings. The average Bonchev–Trinajstić information content (AvgIpc) is 2.41. The molecule has 0 amide bonds. The minimum atomic E-state index is -0.325. The number of aliphatic hydroxyl groups is 1. The fourth-order valence-corrected chi connectivity index (χ4v) is 3.59. The third-order valence-corrected chi connectivity index (χ3v) is 4.52. The molecule has 1 aliphatic rings. The van der Waals surface area contributed by atoms with Gasteiger partial charge in [-0.1, -0.05) is 12.1 Å². The van der Waals surface area contributed by atoms with E-state index in [9.17, 15) is 5.11 Å². The number of hydrogen-bond donors (Lipinski definition) is 1. The summed E-state index contributed by atoms with van der Waals surface area (Å²) in [6, 6.07) is 7.85. The van der Waals surface area contributed by atoms with Gasteiger partial charge in [0, 0.05) is 0 Å². The maximum absolute atomic E-state index is 10.2. The molecule has 1 aliphatic heterocycles. The number of rotatable bonds is 5. The molecule has 1 unspecified atom stereocenters. The fourth-order valence-electron chi connectivity index (χ4n) is 2.39. The van der Waals surface area contributed by atoms with Gasteiger partial charge in [-0.2, -0.15) is 11.8 Å². The molecule has 1 atom stereocenters. The van der Waals surface area contributed by atoms with Gasteiger partial charge in [-0.3, -0.25) is 0 Å². The molecule has 1 heterocycles. The van der Waals surface area contributed by atoms with Crippen molar-refractivity contribution >= 4 is 11.8 Å². The van der Waals surface area contributed by atoms with Crippen LogP contribution >= 0.6 is 11.8 Å². The van der Waals surface area contributed by atoms with Crippen LogP contribution in [0.1, 0.15) is 37.9 Å². The highest BCUT2D eigenvalue weighted by molar-refractivity contribution is 7.99. The molecule has 1 aromatic rings. The van der Waals surface area contributed by atoms with Crippen molar-refractivity contribution in [2.75, 3.05) is 18.1 Å². The molecular weight excluding hydrogens is 244 g/mol. The lowest BCUT2D eigenvalue weighted by Gasteiger charge is -2.24. The largest absolute Gasteiger partial charge is 0.494 e. The smallest absolute Gasteiger partial charge is 0.119 e. The van der Waals surface area contributed by atoms with Crippen LogP contribution < -0.4 is 4.74 Å². The lowest BCUT2D eigenvalue weighted by Crippen LogP contribution is -2.13. The normalized spacial score (nSPS) is 18.6. The predicted octanol–water partition coefficient (Wildman–Crippen LogP) is 3.65. The first-order valence-corrected chi connectivity index (χ1v) is 7.93. The summed E-state index contributed by atoms with van der Waals surface area (Å²) in [6.45, 7) is 2.66. The van der Waals surface area contributed by atoms with Crippen LogP contribution in [-0.4, -0.2) is 23.2 Å². The third-order valence-electron chi connectivity index (χ3n) is 3.47. The van der Waals surface area contributed by atoms with E-state index in [0.717, 1.165) is 17.7 Å². The monoisotopic (exact) mass is 266 g/mol. The molecule has 2 nitrogen and oxygen atoms in total. The van der Waals surface area contributed by atoms with Crippen LogP contribution in [0, 0.1) is 5.92 Å². The summed E-state index contributed by atoms with van der Waals surface area (Å²) in [7, 11) is 0. The molecule has 0 bridgehead atoms. The van der Waals surface area contributed by atoms with Gasteiger partial charge in [-0.15, -0.1) is 0 Å². The summed E-state index contributed by atoms with van der Waals surface area (Å²) in [5, 5.41) is 10.2. The van der Waals surface area contributed by atoms with Gasteiger partial charge < -0.3 is 9.84 Å². The first kappa shape index (κ1) is 13.8. The Bertz CT molecular complexity index is 344. The Morgan fingerprint density at radius 2 is 1.94 bits per heavy atom. The predicted molar refractivity (Wildman–Crippen MR) is 77.2 cm³/mol. The summed E-state index contributed by atoms with van der Waals surface area (Å²) in [5.41, 5.74) is 1.01. The number of aliphatic hydroxyl groups excluding tert-OH is 1. The van der Waals surface area contributed by atoms with E-state index in [4.69, 9.17) is 4.74 Å². The molecule has 0 aliphatic carbocycles. The second-order valence-electron chi connectivity index (χ2n) is 4.81. The van der Waals surface area contributed by atoms with Crippen molar-refractivity contribution in [1.82, 2.24) is 0 Å². The highest BCUT2D eigenvalue weighted by Crippen LogP contribution is 2.31. The van der Waals surface area contributed by atoms with Gasteiger partial charge in [0.05, 0.1) is 12.7 Å². The summed E-state index contributed by atoms with van der Waals surface area (Å²) in [5.74, 6) is 4.07. The number of thioether (sulfide) groups is 1. The highest BCUT2D eigenvalue weighted by atomic mass is 32.2. The number of hydrogen-bond acceptors (Lipinski definition) is 3. The molecular formula is C15H22O2S. The number of benzene rings is 1. The van der Waals surface area contributed by atoms with Crippen molar-refractivity contribution in [3.63, 3.8) is 0 Å². The van der Waals surface area contributed by atoms with Crippen molar-refractivity contribution in [3.8, 4) is 5.75 Å². The fraction of sp³-hybridized carbons (Fsp3) is 0.600. The average molecular weight is 266 g/mol. The molecule has 3 heteroatoms. The van der Waals surface area contributed by atoms with Crippen LogP contribution in [0.5, 0.6) is 5.75 Å². The third kappa shape index (κ3) is 3.92. The molecule has 100 valence electrons. The molecule has 2 rings (SSSR count). The Morgan fingerprint density at radius 1 is 1.28 bits per heavy atom. The van der Waals surface area contributed by atoms with E-state index >= 15 is 0 Å². The van der Waals surface area contributed by atoms with E-state index in [-0.39, 0.29) is 6.10 Å². The minimum Gasteiger partial charge on any atom is -0.494 e. The van der Waals surface area contributed by atoms with Gasteiger partial charge in [-0.05, 0) is 61.3 Å². The van der Waals surface area contributed by atoms with Crippen LogP contribution in [-0.2, 0) is 0 Å². The number of ether oxygens (including phenoxy) is 1. The van der Waals surface area contributed by atoms with Gasteiger partial charge in [-0.25, -0.2) is 0 Å². The zero-order valence-corrected chi connectivity index (χ0v) is 11.8. The highest BCUT2D eigenvalue weighted by Gasteiger charge is 2.18. The lowest BCUT2D eigenvalue weighted by atomic mass is 9.92. The van der Waals surface area contributed by atoms with Gasteiger partial charge >= 0.3 is 0 Å². The van der Waals surface area contributed by atoms with E-state index in [0.29, 0.717) is 12.5 Å². The zero-order chi connectivity index (χ0) is 12.8. The van der Waals surface area contributed by atoms with Gasteiger partial charge in [0.1, 0.15) is 5.75 Å². The topological polar surface area (TPSA) is 29.5 Å². The summed E-state index contributed by atoms with van der Waals surface area (Å²) in [4.78, 5) is 0. The van der Waals surface area contributed by atoms with E-state index < -0.39 is 0 Å². The second kappa shape index (κ2) is 7.05. The summed E-state index contributed by atoms with van der Waals surface area (Å²) >= 11 is 2.03. The SMILES string of the molecule is CCOc1ccc(C(O)CC2CCSCC2)cc1. The quantitative estimate of drug-likeness (QED) is 0.882. The first-order chi connectivity index (χ1) is 8.79. The molecule has 0 aromatic heterocycles. The molecule has 1 aromatic carbocycles. The summed E-state index contributed by atoms with van der Waals surface area (Å²) in [6.07, 6.45) is 3.07. The molecule has 18 heavy (non-hydrogen) atoms. The summed E-state index contributed by atoms with van der Waals surface area (Å²) < 4.78 is 5.41. The molecule has 1 N–H and O–H groups in total. The van der Waals surface area contributed by atoms with Crippen molar-refractivity contribution in [2.45, 2.75) is 32.3 Å². The lowest BCUT2D eigenvalue weighted by molar-refractivity contribution is 0.141. The second-order valence-corrected chi connectivity index (χ2v) is 6.03. The Kier molecular flexibility index (Phi) is 5.39. The Hall–Kier alpha value is -0.670. The Morgan fingerprint density at radius 3 is 2.56 bits per heavy atom. The Labute approximate surface area is 114 Å². The standard InChI is InChI=1S/C15H22O2S/c1-2-17-14-5-3-13(4-6-14)15(16)11-12-7-9-18-10-8-12/h3-6,12,15-16H,2,7-11H2,1H3.